The van der Waals surface area contributed by atoms with E-state index >= 15 is 0 Å². The van der Waals surface area contributed by atoms with E-state index in [1.807, 2.05) is 36.4 Å². The molecule has 4 rings (SSSR count). The number of carbonyl (C=O) groups excluding carboxylic acids is 2. The Morgan fingerprint density at radius 2 is 1.63 bits per heavy atom. The topological polar surface area (TPSA) is 127 Å². The fourth-order valence-electron chi connectivity index (χ4n) is 4.15. The van der Waals surface area contributed by atoms with Gasteiger partial charge in [0.15, 0.2) is 11.9 Å². The summed E-state index contributed by atoms with van der Waals surface area (Å²) < 4.78 is 15.8. The number of carbonyl (C=O) groups is 3. The molecule has 0 aliphatic heterocycles. The molecule has 9 heteroatoms. The van der Waals surface area contributed by atoms with Gasteiger partial charge in [-0.15, -0.1) is 0 Å². The maximum Gasteiger partial charge on any atom is 0.407 e. The summed E-state index contributed by atoms with van der Waals surface area (Å²) in [4.78, 5) is 35.4. The molecule has 182 valence electrons. The van der Waals surface area contributed by atoms with Gasteiger partial charge in [0.25, 0.3) is 5.91 Å². The Morgan fingerprint density at radius 1 is 0.971 bits per heavy atom. The Kier molecular flexibility index (Phi) is 7.47. The molecule has 0 fully saturated rings. The molecule has 0 bridgehead atoms. The molecule has 1 heterocycles. The maximum absolute atomic E-state index is 12.3. The van der Waals surface area contributed by atoms with Crippen LogP contribution in [0.25, 0.3) is 11.1 Å². The minimum atomic E-state index is -1.10. The zero-order valence-electron chi connectivity index (χ0n) is 19.2. The number of furan rings is 1. The molecule has 0 saturated heterocycles. The van der Waals surface area contributed by atoms with E-state index in [-0.39, 0.29) is 37.8 Å². The molecule has 3 N–H and O–H groups in total. The second-order valence-corrected chi connectivity index (χ2v) is 8.05. The van der Waals surface area contributed by atoms with Crippen LogP contribution in [0, 0.1) is 0 Å². The van der Waals surface area contributed by atoms with Gasteiger partial charge in [-0.3, -0.25) is 4.79 Å². The van der Waals surface area contributed by atoms with Crippen LogP contribution in [0.3, 0.4) is 0 Å². The van der Waals surface area contributed by atoms with Gasteiger partial charge in [-0.2, -0.15) is 0 Å². The van der Waals surface area contributed by atoms with Crippen LogP contribution in [0.5, 0.6) is 0 Å². The number of amides is 2. The van der Waals surface area contributed by atoms with E-state index in [2.05, 4.69) is 22.8 Å². The van der Waals surface area contributed by atoms with E-state index in [1.54, 1.807) is 6.07 Å². The second-order valence-electron chi connectivity index (χ2n) is 8.05. The third-order valence-electron chi connectivity index (χ3n) is 5.89. The highest BCUT2D eigenvalue weighted by atomic mass is 16.5. The van der Waals surface area contributed by atoms with Crippen molar-refractivity contribution in [2.75, 3.05) is 20.3 Å². The van der Waals surface area contributed by atoms with Gasteiger partial charge >= 0.3 is 12.1 Å². The number of ether oxygens (including phenoxy) is 2. The molecular formula is C26H26N2O7. The van der Waals surface area contributed by atoms with Crippen LogP contribution in [-0.2, 0) is 20.8 Å². The Labute approximate surface area is 202 Å². The Hall–Kier alpha value is -4.11. The van der Waals surface area contributed by atoms with E-state index < -0.39 is 24.1 Å². The second kappa shape index (κ2) is 10.9. The molecule has 3 aromatic rings. The van der Waals surface area contributed by atoms with E-state index in [9.17, 15) is 14.4 Å². The molecule has 35 heavy (non-hydrogen) atoms. The van der Waals surface area contributed by atoms with Crippen molar-refractivity contribution in [1.29, 1.82) is 0 Å². The van der Waals surface area contributed by atoms with E-state index in [1.165, 1.54) is 13.2 Å². The van der Waals surface area contributed by atoms with Gasteiger partial charge in [0, 0.05) is 26.0 Å². The molecule has 0 saturated carbocycles. The van der Waals surface area contributed by atoms with Crippen molar-refractivity contribution >= 4 is 18.0 Å². The van der Waals surface area contributed by atoms with Gasteiger partial charge in [-0.05, 0) is 34.4 Å². The quantitative estimate of drug-likeness (QED) is 0.407. The lowest BCUT2D eigenvalue weighted by molar-refractivity contribution is -0.148. The lowest BCUT2D eigenvalue weighted by Crippen LogP contribution is -2.31. The molecule has 9 nitrogen and oxygen atoms in total. The molecule has 0 spiro atoms. The van der Waals surface area contributed by atoms with Gasteiger partial charge < -0.3 is 29.6 Å². The van der Waals surface area contributed by atoms with Crippen LogP contribution in [-0.4, -0.2) is 49.4 Å². The lowest BCUT2D eigenvalue weighted by atomic mass is 9.98. The average Bonchev–Trinajstić information content (AvgIpc) is 3.47. The number of aliphatic carboxylic acids is 1. The molecular weight excluding hydrogens is 452 g/mol. The number of alkyl carbamates (subject to hydrolysis) is 1. The standard InChI is InChI=1S/C26H26N2O7/c1-33-23(25(30)31)12-13-27-24(29)22-11-10-16(35-22)14-28-26(32)34-15-21-19-8-4-2-6-17(19)18-7-3-5-9-20(18)21/h2-11,21,23H,12-15H2,1H3,(H,27,29)(H,28,32)(H,30,31). The average molecular weight is 479 g/mol. The fourth-order valence-corrected chi connectivity index (χ4v) is 4.15. The molecule has 1 aliphatic carbocycles. The number of carboxylic acid groups (broad SMARTS) is 1. The monoisotopic (exact) mass is 478 g/mol. The SMILES string of the molecule is COC(CCNC(=O)c1ccc(CNC(=O)OCC2c3ccccc3-c3ccccc32)o1)C(=O)O. The molecule has 1 unspecified atom stereocenters. The molecule has 1 aliphatic rings. The van der Waals surface area contributed by atoms with E-state index in [0.29, 0.717) is 5.76 Å². The summed E-state index contributed by atoms with van der Waals surface area (Å²) in [6, 6.07) is 19.2. The first-order valence-electron chi connectivity index (χ1n) is 11.2. The number of methoxy groups -OCH3 is 1. The van der Waals surface area contributed by atoms with Crippen molar-refractivity contribution in [2.45, 2.75) is 25.0 Å². The minimum Gasteiger partial charge on any atom is -0.479 e. The minimum absolute atomic E-state index is 0.0362. The van der Waals surface area contributed by atoms with Crippen molar-refractivity contribution in [3.63, 3.8) is 0 Å². The van der Waals surface area contributed by atoms with Gasteiger partial charge in [-0.25, -0.2) is 9.59 Å². The van der Waals surface area contributed by atoms with Crippen LogP contribution >= 0.6 is 0 Å². The summed E-state index contributed by atoms with van der Waals surface area (Å²) in [5.74, 6) is -1.19. The number of hydrogen-bond acceptors (Lipinski definition) is 6. The number of hydrogen-bond donors (Lipinski definition) is 3. The highest BCUT2D eigenvalue weighted by molar-refractivity contribution is 5.91. The van der Waals surface area contributed by atoms with E-state index in [4.69, 9.17) is 19.0 Å². The maximum atomic E-state index is 12.3. The third-order valence-corrected chi connectivity index (χ3v) is 5.89. The normalized spacial score (nSPS) is 12.9. The van der Waals surface area contributed by atoms with Crippen LogP contribution < -0.4 is 10.6 Å². The van der Waals surface area contributed by atoms with Crippen molar-refractivity contribution in [3.05, 3.63) is 83.3 Å². The Morgan fingerprint density at radius 3 is 2.26 bits per heavy atom. The van der Waals surface area contributed by atoms with Crippen molar-refractivity contribution in [1.82, 2.24) is 10.6 Å². The van der Waals surface area contributed by atoms with Crippen LogP contribution in [0.4, 0.5) is 4.79 Å². The van der Waals surface area contributed by atoms with Crippen LogP contribution in [0.15, 0.2) is 65.1 Å². The first-order chi connectivity index (χ1) is 17.0. The number of nitrogens with one attached hydrogen (secondary N) is 2. The zero-order valence-corrected chi connectivity index (χ0v) is 19.2. The summed E-state index contributed by atoms with van der Waals surface area (Å²) >= 11 is 0. The van der Waals surface area contributed by atoms with Gasteiger partial charge in [0.2, 0.25) is 0 Å². The summed E-state index contributed by atoms with van der Waals surface area (Å²) in [7, 11) is 1.29. The predicted octanol–water partition coefficient (Wildman–Crippen LogP) is 3.54. The van der Waals surface area contributed by atoms with Crippen molar-refractivity contribution in [2.24, 2.45) is 0 Å². The van der Waals surface area contributed by atoms with Crippen LogP contribution in [0.2, 0.25) is 0 Å². The molecule has 1 aromatic heterocycles. The molecule has 0 radical (unpaired) electrons. The van der Waals surface area contributed by atoms with Gasteiger partial charge in [-0.1, -0.05) is 48.5 Å². The number of fused-ring (bicyclic) bond motifs is 3. The van der Waals surface area contributed by atoms with Crippen LogP contribution in [0.1, 0.15) is 39.8 Å². The summed E-state index contributed by atoms with van der Waals surface area (Å²) in [6.45, 7) is 0.358. The molecule has 1 atom stereocenters. The molecule has 2 amide bonds. The number of carboxylic acids is 1. The summed E-state index contributed by atoms with van der Waals surface area (Å²) in [5, 5.41) is 14.2. The lowest BCUT2D eigenvalue weighted by Gasteiger charge is -2.14. The van der Waals surface area contributed by atoms with Crippen molar-refractivity contribution < 1.29 is 33.4 Å². The summed E-state index contributed by atoms with van der Waals surface area (Å²) in [5.41, 5.74) is 4.56. The first kappa shape index (κ1) is 24.0. The smallest absolute Gasteiger partial charge is 0.407 e. The fraction of sp³-hybridized carbons (Fsp3) is 0.269. The Balaban J connectivity index is 1.25. The first-order valence-corrected chi connectivity index (χ1v) is 11.2. The largest absolute Gasteiger partial charge is 0.479 e. The van der Waals surface area contributed by atoms with E-state index in [0.717, 1.165) is 22.3 Å². The highest BCUT2D eigenvalue weighted by Crippen LogP contribution is 2.44. The van der Waals surface area contributed by atoms with Gasteiger partial charge in [0.1, 0.15) is 12.4 Å². The predicted molar refractivity (Wildman–Crippen MR) is 126 cm³/mol. The van der Waals surface area contributed by atoms with Crippen molar-refractivity contribution in [3.8, 4) is 11.1 Å². The van der Waals surface area contributed by atoms with Gasteiger partial charge in [0.05, 0.1) is 6.54 Å². The zero-order chi connectivity index (χ0) is 24.8. The summed E-state index contributed by atoms with van der Waals surface area (Å²) in [6.07, 6.45) is -1.47. The molecule has 2 aromatic carbocycles. The Bertz CT molecular complexity index is 1170. The number of benzene rings is 2. The highest BCUT2D eigenvalue weighted by Gasteiger charge is 2.29. The number of rotatable bonds is 10. The third kappa shape index (κ3) is 5.52.